The predicted octanol–water partition coefficient (Wildman–Crippen LogP) is 4.27. The summed E-state index contributed by atoms with van der Waals surface area (Å²) < 4.78 is 55.2. The molecule has 0 bridgehead atoms. The molecule has 0 atom stereocenters. The van der Waals surface area contributed by atoms with Crippen molar-refractivity contribution in [3.05, 3.63) is 99.0 Å². The summed E-state index contributed by atoms with van der Waals surface area (Å²) in [5.41, 5.74) is 3.25. The van der Waals surface area contributed by atoms with Gasteiger partial charge in [0.05, 0.1) is 21.3 Å². The molecule has 0 unspecified atom stereocenters. The monoisotopic (exact) mass is 483 g/mol. The lowest BCUT2D eigenvalue weighted by molar-refractivity contribution is 0.0963. The second-order valence-corrected chi connectivity index (χ2v) is 9.13. The number of sulfonamides is 1. The highest BCUT2D eigenvalue weighted by Crippen LogP contribution is 2.34. The van der Waals surface area contributed by atoms with E-state index >= 15 is 0 Å². The van der Waals surface area contributed by atoms with Gasteiger partial charge in [-0.3, -0.25) is 10.2 Å². The van der Waals surface area contributed by atoms with Crippen molar-refractivity contribution >= 4 is 39.1 Å². The summed E-state index contributed by atoms with van der Waals surface area (Å²) >= 11 is 11.6. The Bertz CT molecular complexity index is 1290. The average Bonchev–Trinajstić information content (AvgIpc) is 3.14. The van der Waals surface area contributed by atoms with E-state index in [0.717, 1.165) is 16.5 Å². The molecule has 160 valence electrons. The third-order valence-corrected chi connectivity index (χ3v) is 6.88. The van der Waals surface area contributed by atoms with Gasteiger partial charge >= 0.3 is 0 Å². The van der Waals surface area contributed by atoms with Gasteiger partial charge in [0.15, 0.2) is 5.82 Å². The van der Waals surface area contributed by atoms with Crippen LogP contribution >= 0.6 is 23.2 Å². The van der Waals surface area contributed by atoms with Crippen LogP contribution in [0.2, 0.25) is 10.0 Å². The molecular formula is C20H13Cl2F2N3O3S. The van der Waals surface area contributed by atoms with Gasteiger partial charge in [0, 0.05) is 17.5 Å². The minimum atomic E-state index is -4.36. The Hall–Kier alpha value is -2.88. The van der Waals surface area contributed by atoms with Crippen LogP contribution < -0.4 is 10.7 Å². The second kappa shape index (κ2) is 7.99. The first-order chi connectivity index (χ1) is 14.7. The number of hydrogen-bond donors (Lipinski definition) is 2. The van der Waals surface area contributed by atoms with Crippen molar-refractivity contribution in [2.45, 2.75) is 11.3 Å². The summed E-state index contributed by atoms with van der Waals surface area (Å²) in [4.78, 5) is 11.9. The normalized spacial score (nSPS) is 15.5. The quantitative estimate of drug-likeness (QED) is 0.680. The minimum Gasteiger partial charge on any atom is -0.322 e. The summed E-state index contributed by atoms with van der Waals surface area (Å²) in [6, 6.07) is 7.50. The van der Waals surface area contributed by atoms with E-state index in [2.05, 4.69) is 10.7 Å². The molecule has 0 radical (unpaired) electrons. The first kappa shape index (κ1) is 21.4. The van der Waals surface area contributed by atoms with Gasteiger partial charge in [0.1, 0.15) is 10.7 Å². The summed E-state index contributed by atoms with van der Waals surface area (Å²) in [7, 11) is -4.36. The third-order valence-electron chi connectivity index (χ3n) is 4.62. The fourth-order valence-corrected chi connectivity index (χ4v) is 5.01. The molecule has 0 saturated carbocycles. The zero-order valence-electron chi connectivity index (χ0n) is 15.5. The molecule has 31 heavy (non-hydrogen) atoms. The third kappa shape index (κ3) is 3.80. The summed E-state index contributed by atoms with van der Waals surface area (Å²) in [5, 5.41) is 2.11. The molecule has 2 N–H and O–H groups in total. The van der Waals surface area contributed by atoms with E-state index in [1.54, 1.807) is 6.08 Å². The fourth-order valence-electron chi connectivity index (χ4n) is 3.13. The van der Waals surface area contributed by atoms with Crippen molar-refractivity contribution < 1.29 is 22.0 Å². The van der Waals surface area contributed by atoms with Gasteiger partial charge < -0.3 is 5.32 Å². The number of hydrogen-bond acceptors (Lipinski definition) is 4. The van der Waals surface area contributed by atoms with Crippen LogP contribution in [0, 0.1) is 11.6 Å². The van der Waals surface area contributed by atoms with Gasteiger partial charge in [-0.1, -0.05) is 41.4 Å². The van der Waals surface area contributed by atoms with E-state index < -0.39 is 32.5 Å². The Balaban J connectivity index is 1.64. The maximum atomic E-state index is 14.4. The number of amides is 1. The molecule has 0 fully saturated rings. The van der Waals surface area contributed by atoms with Crippen LogP contribution in [0.25, 0.3) is 0 Å². The van der Waals surface area contributed by atoms with Crippen molar-refractivity contribution in [1.29, 1.82) is 0 Å². The zero-order chi connectivity index (χ0) is 22.3. The van der Waals surface area contributed by atoms with E-state index in [9.17, 15) is 22.0 Å². The molecule has 1 aliphatic carbocycles. The lowest BCUT2D eigenvalue weighted by Gasteiger charge is -2.24. The number of nitrogens with zero attached hydrogens (tertiary/aromatic N) is 1. The largest absolute Gasteiger partial charge is 0.322 e. The molecule has 6 nitrogen and oxygen atoms in total. The minimum absolute atomic E-state index is 0.0645. The van der Waals surface area contributed by atoms with Crippen LogP contribution in [0.3, 0.4) is 0 Å². The molecule has 1 amide bonds. The van der Waals surface area contributed by atoms with Crippen LogP contribution in [0.5, 0.6) is 0 Å². The van der Waals surface area contributed by atoms with Crippen LogP contribution in [0.4, 0.5) is 8.78 Å². The Labute approximate surface area is 186 Å². The Morgan fingerprint density at radius 3 is 2.55 bits per heavy atom. The molecule has 0 spiro atoms. The predicted molar refractivity (Wildman–Crippen MR) is 111 cm³/mol. The topological polar surface area (TPSA) is 78.5 Å². The highest BCUT2D eigenvalue weighted by Gasteiger charge is 2.35. The molecule has 0 aromatic heterocycles. The number of halogens is 4. The standard InChI is InChI=1S/C20H13Cl2F2N3O3S/c21-13-3-1-5-15(23)18(13)20(28)26-12-8-7-11-10-25-27(16(11)9-12)31(29,30)17-6-2-4-14(22)19(17)24/h1-6,8-10,25H,7H2,(H,26,28). The molecule has 2 aliphatic rings. The van der Waals surface area contributed by atoms with E-state index in [4.69, 9.17) is 23.2 Å². The Morgan fingerprint density at radius 1 is 1.10 bits per heavy atom. The average molecular weight is 484 g/mol. The number of fused-ring (bicyclic) bond motifs is 1. The molecule has 4 rings (SSSR count). The van der Waals surface area contributed by atoms with Gasteiger partial charge in [0.2, 0.25) is 0 Å². The van der Waals surface area contributed by atoms with Crippen molar-refractivity contribution in [2.24, 2.45) is 0 Å². The number of allylic oxidation sites excluding steroid dienone is 3. The highest BCUT2D eigenvalue weighted by atomic mass is 35.5. The molecule has 2 aromatic rings. The summed E-state index contributed by atoms with van der Waals surface area (Å²) in [5.74, 6) is -2.66. The Kier molecular flexibility index (Phi) is 5.50. The summed E-state index contributed by atoms with van der Waals surface area (Å²) in [6.07, 6.45) is 4.72. The number of hydrazine groups is 1. The number of carbonyl (C=O) groups is 1. The molecular weight excluding hydrogens is 471 g/mol. The van der Waals surface area contributed by atoms with Gasteiger partial charge in [-0.05, 0) is 36.8 Å². The van der Waals surface area contributed by atoms with Gasteiger partial charge in [-0.2, -0.15) is 12.8 Å². The molecule has 1 aliphatic heterocycles. The number of rotatable bonds is 4. The van der Waals surface area contributed by atoms with Crippen molar-refractivity contribution in [3.8, 4) is 0 Å². The van der Waals surface area contributed by atoms with Gasteiger partial charge in [-0.15, -0.1) is 0 Å². The highest BCUT2D eigenvalue weighted by molar-refractivity contribution is 7.89. The van der Waals surface area contributed by atoms with Crippen LogP contribution in [-0.4, -0.2) is 18.7 Å². The van der Waals surface area contributed by atoms with Crippen molar-refractivity contribution in [3.63, 3.8) is 0 Å². The maximum absolute atomic E-state index is 14.4. The van der Waals surface area contributed by atoms with E-state index in [-0.39, 0.29) is 33.4 Å². The fraction of sp³-hybridized carbons (Fsp3) is 0.0500. The van der Waals surface area contributed by atoms with Crippen LogP contribution in [-0.2, 0) is 10.0 Å². The second-order valence-electron chi connectivity index (χ2n) is 6.56. The number of benzene rings is 2. The van der Waals surface area contributed by atoms with Gasteiger partial charge in [-0.25, -0.2) is 8.78 Å². The molecule has 2 aromatic carbocycles. The lowest BCUT2D eigenvalue weighted by atomic mass is 10.0. The van der Waals surface area contributed by atoms with Crippen molar-refractivity contribution in [1.82, 2.24) is 15.2 Å². The van der Waals surface area contributed by atoms with Gasteiger partial charge in [0.25, 0.3) is 15.9 Å². The first-order valence-electron chi connectivity index (χ1n) is 8.82. The summed E-state index contributed by atoms with van der Waals surface area (Å²) in [6.45, 7) is 0. The number of nitrogens with one attached hydrogen (secondary N) is 2. The molecule has 0 saturated heterocycles. The van der Waals surface area contributed by atoms with E-state index in [0.29, 0.717) is 5.57 Å². The smallest absolute Gasteiger partial charge is 0.284 e. The molecule has 11 heteroatoms. The van der Waals surface area contributed by atoms with Crippen LogP contribution in [0.1, 0.15) is 16.8 Å². The SMILES string of the molecule is O=C(NC1=CCC2=CNN(S(=O)(=O)c3cccc(Cl)c3F)C2=C1)c1c(F)cccc1Cl. The van der Waals surface area contributed by atoms with E-state index in [1.807, 2.05) is 0 Å². The first-order valence-corrected chi connectivity index (χ1v) is 11.0. The Morgan fingerprint density at radius 2 is 1.81 bits per heavy atom. The molecule has 1 heterocycles. The van der Waals surface area contributed by atoms with Crippen molar-refractivity contribution in [2.75, 3.05) is 0 Å². The van der Waals surface area contributed by atoms with Crippen LogP contribution in [0.15, 0.2) is 76.6 Å². The zero-order valence-corrected chi connectivity index (χ0v) is 17.8. The lowest BCUT2D eigenvalue weighted by Crippen LogP contribution is -2.36. The maximum Gasteiger partial charge on any atom is 0.284 e. The number of carbonyl (C=O) groups excluding carboxylic acids is 1. The van der Waals surface area contributed by atoms with E-state index in [1.165, 1.54) is 36.5 Å².